The van der Waals surface area contributed by atoms with Gasteiger partial charge in [-0.15, -0.1) is 0 Å². The first-order valence-corrected chi connectivity index (χ1v) is 14.9. The van der Waals surface area contributed by atoms with Gasteiger partial charge in [0.15, 0.2) is 11.5 Å². The predicted molar refractivity (Wildman–Crippen MR) is 161 cm³/mol. The van der Waals surface area contributed by atoms with E-state index in [0.717, 1.165) is 16.4 Å². The first-order chi connectivity index (χ1) is 20.2. The first kappa shape index (κ1) is 33.2. The molecule has 3 aromatic carbocycles. The van der Waals surface area contributed by atoms with E-state index in [1.54, 1.807) is 31.2 Å². The van der Waals surface area contributed by atoms with Crippen molar-refractivity contribution in [1.29, 1.82) is 0 Å². The third-order valence-corrected chi connectivity index (χ3v) is 8.26. The Bertz CT molecular complexity index is 1540. The number of ether oxygens (including phenoxy) is 3. The maximum Gasteiger partial charge on any atom is 0.264 e. The number of sulfonamides is 1. The van der Waals surface area contributed by atoms with E-state index in [4.69, 9.17) is 14.2 Å². The summed E-state index contributed by atoms with van der Waals surface area (Å²) in [6, 6.07) is 14.8. The van der Waals surface area contributed by atoms with Crippen LogP contribution in [0.5, 0.6) is 17.2 Å². The summed E-state index contributed by atoms with van der Waals surface area (Å²) in [6.45, 7) is 6.33. The predicted octanol–water partition coefficient (Wildman–Crippen LogP) is 4.38. The Balaban J connectivity index is 2.08. The summed E-state index contributed by atoms with van der Waals surface area (Å²) in [5, 5.41) is 2.88. The highest BCUT2D eigenvalue weighted by Gasteiger charge is 2.34. The Hall–Kier alpha value is -4.32. The lowest BCUT2D eigenvalue weighted by molar-refractivity contribution is -0.140. The Kier molecular flexibility index (Phi) is 10.6. The van der Waals surface area contributed by atoms with Crippen molar-refractivity contribution in [3.05, 3.63) is 78.1 Å². The fourth-order valence-electron chi connectivity index (χ4n) is 4.26. The van der Waals surface area contributed by atoms with Gasteiger partial charge in [0, 0.05) is 18.2 Å². The van der Waals surface area contributed by atoms with Gasteiger partial charge in [0.05, 0.1) is 31.9 Å². The second-order valence-electron chi connectivity index (χ2n) is 10.8. The summed E-state index contributed by atoms with van der Waals surface area (Å²) in [6.07, 6.45) is 0. The van der Waals surface area contributed by atoms with Gasteiger partial charge < -0.3 is 24.4 Å². The van der Waals surface area contributed by atoms with Gasteiger partial charge in [0.2, 0.25) is 11.8 Å². The summed E-state index contributed by atoms with van der Waals surface area (Å²) in [5.41, 5.74) is 0.143. The normalized spacial score (nSPS) is 12.2. The number of hydrogen-bond donors (Lipinski definition) is 1. The van der Waals surface area contributed by atoms with Crippen LogP contribution >= 0.6 is 0 Å². The molecule has 0 spiro atoms. The fraction of sp³-hybridized carbons (Fsp3) is 0.355. The van der Waals surface area contributed by atoms with Crippen molar-refractivity contribution in [2.24, 2.45) is 0 Å². The van der Waals surface area contributed by atoms with Gasteiger partial charge in [-0.05, 0) is 81.8 Å². The number of halogens is 1. The van der Waals surface area contributed by atoms with Gasteiger partial charge in [-0.2, -0.15) is 0 Å². The van der Waals surface area contributed by atoms with Crippen molar-refractivity contribution in [1.82, 2.24) is 10.2 Å². The average molecular weight is 616 g/mol. The van der Waals surface area contributed by atoms with Crippen LogP contribution in [0.15, 0.2) is 71.6 Å². The molecule has 0 saturated heterocycles. The number of hydrogen-bond acceptors (Lipinski definition) is 7. The summed E-state index contributed by atoms with van der Waals surface area (Å²) < 4.78 is 58.6. The molecule has 10 nitrogen and oxygen atoms in total. The minimum absolute atomic E-state index is 0.0115. The summed E-state index contributed by atoms with van der Waals surface area (Å²) in [7, 11) is -0.0982. The topological polar surface area (TPSA) is 114 Å². The second-order valence-corrected chi connectivity index (χ2v) is 12.7. The van der Waals surface area contributed by atoms with E-state index in [2.05, 4.69) is 5.32 Å². The van der Waals surface area contributed by atoms with Gasteiger partial charge >= 0.3 is 0 Å². The number of benzene rings is 3. The lowest BCUT2D eigenvalue weighted by Crippen LogP contribution is -2.54. The summed E-state index contributed by atoms with van der Waals surface area (Å²) in [4.78, 5) is 28.4. The van der Waals surface area contributed by atoms with Crippen LogP contribution in [-0.4, -0.2) is 64.6 Å². The van der Waals surface area contributed by atoms with Gasteiger partial charge in [-0.1, -0.05) is 12.1 Å². The zero-order valence-electron chi connectivity index (χ0n) is 25.4. The summed E-state index contributed by atoms with van der Waals surface area (Å²) in [5.74, 6) is -0.617. The number of nitrogens with one attached hydrogen (secondary N) is 1. The molecule has 43 heavy (non-hydrogen) atoms. The highest BCUT2D eigenvalue weighted by molar-refractivity contribution is 7.92. The molecule has 0 aromatic heterocycles. The van der Waals surface area contributed by atoms with Crippen molar-refractivity contribution < 1.29 is 36.6 Å². The maximum atomic E-state index is 14.1. The second kappa shape index (κ2) is 13.8. The lowest BCUT2D eigenvalue weighted by Gasteiger charge is -2.33. The molecule has 0 aliphatic heterocycles. The molecular formula is C31H38FN3O7S. The van der Waals surface area contributed by atoms with Crippen LogP contribution in [0, 0.1) is 5.82 Å². The minimum atomic E-state index is -4.40. The molecule has 1 unspecified atom stereocenters. The smallest absolute Gasteiger partial charge is 0.264 e. The summed E-state index contributed by atoms with van der Waals surface area (Å²) >= 11 is 0. The van der Waals surface area contributed by atoms with Crippen molar-refractivity contribution in [2.75, 3.05) is 32.2 Å². The Morgan fingerprint density at radius 3 is 2.14 bits per heavy atom. The largest absolute Gasteiger partial charge is 0.497 e. The average Bonchev–Trinajstić information content (AvgIpc) is 2.97. The molecule has 1 atom stereocenters. The molecule has 2 amide bonds. The Morgan fingerprint density at radius 1 is 0.907 bits per heavy atom. The van der Waals surface area contributed by atoms with Crippen LogP contribution in [0.25, 0.3) is 0 Å². The molecule has 0 heterocycles. The quantitative estimate of drug-likeness (QED) is 0.322. The monoisotopic (exact) mass is 615 g/mol. The standard InChI is InChI=1S/C31H38FN3O7S/c1-21(30(37)33-31(2,3)4)34(19-22-9-8-10-25(17-22)40-5)29(36)20-35(24-13-11-23(32)12-14-24)43(38,39)26-15-16-27(41-6)28(18-26)42-7/h8-18,21H,19-20H2,1-7H3,(H,33,37). The molecular weight excluding hydrogens is 577 g/mol. The maximum absolute atomic E-state index is 14.1. The van der Waals surface area contributed by atoms with E-state index >= 15 is 0 Å². The van der Waals surface area contributed by atoms with Crippen LogP contribution < -0.4 is 23.8 Å². The van der Waals surface area contributed by atoms with Gasteiger partial charge in [0.25, 0.3) is 10.0 Å². The molecule has 0 aliphatic rings. The van der Waals surface area contributed by atoms with E-state index in [1.165, 1.54) is 56.6 Å². The third kappa shape index (κ3) is 8.38. The number of methoxy groups -OCH3 is 3. The van der Waals surface area contributed by atoms with E-state index in [1.807, 2.05) is 20.8 Å². The molecule has 3 aromatic rings. The number of anilines is 1. The van der Waals surface area contributed by atoms with Crippen molar-refractivity contribution in [2.45, 2.75) is 50.7 Å². The molecule has 12 heteroatoms. The zero-order valence-corrected chi connectivity index (χ0v) is 26.2. The fourth-order valence-corrected chi connectivity index (χ4v) is 5.69. The Morgan fingerprint density at radius 2 is 1.56 bits per heavy atom. The first-order valence-electron chi connectivity index (χ1n) is 13.4. The van der Waals surface area contributed by atoms with Crippen LogP contribution in [0.1, 0.15) is 33.3 Å². The van der Waals surface area contributed by atoms with E-state index in [9.17, 15) is 22.4 Å². The van der Waals surface area contributed by atoms with Crippen LogP contribution in [-0.2, 0) is 26.2 Å². The van der Waals surface area contributed by atoms with E-state index in [-0.39, 0.29) is 22.9 Å². The minimum Gasteiger partial charge on any atom is -0.497 e. The highest BCUT2D eigenvalue weighted by Crippen LogP contribution is 2.32. The number of carbonyl (C=O) groups excluding carboxylic acids is 2. The SMILES string of the molecule is COc1cccc(CN(C(=O)CN(c2ccc(F)cc2)S(=O)(=O)c2ccc(OC)c(OC)c2)C(C)C(=O)NC(C)(C)C)c1. The van der Waals surface area contributed by atoms with Crippen molar-refractivity contribution in [3.63, 3.8) is 0 Å². The lowest BCUT2D eigenvalue weighted by atomic mass is 10.1. The number of rotatable bonds is 12. The molecule has 232 valence electrons. The molecule has 3 rings (SSSR count). The van der Waals surface area contributed by atoms with Gasteiger partial charge in [0.1, 0.15) is 24.2 Å². The molecule has 0 saturated carbocycles. The van der Waals surface area contributed by atoms with Crippen molar-refractivity contribution >= 4 is 27.5 Å². The third-order valence-electron chi connectivity index (χ3n) is 6.49. The molecule has 0 bridgehead atoms. The highest BCUT2D eigenvalue weighted by atomic mass is 32.2. The number of nitrogens with zero attached hydrogens (tertiary/aromatic N) is 2. The Labute approximate surface area is 252 Å². The molecule has 0 aliphatic carbocycles. The number of amides is 2. The van der Waals surface area contributed by atoms with E-state index in [0.29, 0.717) is 17.1 Å². The molecule has 0 fully saturated rings. The molecule has 1 N–H and O–H groups in total. The van der Waals surface area contributed by atoms with Gasteiger partial charge in [-0.3, -0.25) is 13.9 Å². The van der Waals surface area contributed by atoms with Crippen molar-refractivity contribution in [3.8, 4) is 17.2 Å². The van der Waals surface area contributed by atoms with Crippen LogP contribution in [0.3, 0.4) is 0 Å². The van der Waals surface area contributed by atoms with Gasteiger partial charge in [-0.25, -0.2) is 12.8 Å². The zero-order chi connectivity index (χ0) is 31.9. The number of carbonyl (C=O) groups is 2. The van der Waals surface area contributed by atoms with E-state index < -0.39 is 45.8 Å². The van der Waals surface area contributed by atoms with Crippen LogP contribution in [0.2, 0.25) is 0 Å². The van der Waals surface area contributed by atoms with Crippen LogP contribution in [0.4, 0.5) is 10.1 Å². The molecule has 0 radical (unpaired) electrons.